The molecular formula is C13H16ClNO5S. The average Bonchev–Trinajstić information content (AvgIpc) is 3.14. The molecule has 0 bridgehead atoms. The van der Waals surface area contributed by atoms with Crippen LogP contribution in [0.4, 0.5) is 5.69 Å². The lowest BCUT2D eigenvalue weighted by Gasteiger charge is -2.16. The Labute approximate surface area is 128 Å². The monoisotopic (exact) mass is 333 g/mol. The average molecular weight is 334 g/mol. The number of anilines is 1. The molecule has 1 fully saturated rings. The Morgan fingerprint density at radius 2 is 2.19 bits per heavy atom. The lowest BCUT2D eigenvalue weighted by atomic mass is 10.3. The largest absolute Gasteiger partial charge is 0.453 e. The Kier molecular flexibility index (Phi) is 3.90. The fraction of sp³-hybridized carbons (Fsp3) is 0.538. The summed E-state index contributed by atoms with van der Waals surface area (Å²) in [5.74, 6) is 1.14. The molecular weight excluding hydrogens is 318 g/mol. The third kappa shape index (κ3) is 3.36. The van der Waals surface area contributed by atoms with Crippen LogP contribution in [0, 0.1) is 5.92 Å². The number of rotatable bonds is 6. The molecule has 21 heavy (non-hydrogen) atoms. The van der Waals surface area contributed by atoms with Crippen molar-refractivity contribution in [1.29, 1.82) is 0 Å². The van der Waals surface area contributed by atoms with E-state index in [2.05, 4.69) is 4.72 Å². The van der Waals surface area contributed by atoms with Crippen molar-refractivity contribution in [2.75, 3.05) is 24.4 Å². The van der Waals surface area contributed by atoms with Crippen molar-refractivity contribution in [3.63, 3.8) is 0 Å². The number of ether oxygens (including phenoxy) is 3. The van der Waals surface area contributed by atoms with Gasteiger partial charge in [0.25, 0.3) is 0 Å². The first-order valence-electron chi connectivity index (χ1n) is 6.61. The second-order valence-corrected chi connectivity index (χ2v) is 7.36. The molecule has 116 valence electrons. The van der Waals surface area contributed by atoms with E-state index in [0.29, 0.717) is 28.1 Å². The topological polar surface area (TPSA) is 73.9 Å². The van der Waals surface area contributed by atoms with E-state index in [1.54, 1.807) is 6.07 Å². The van der Waals surface area contributed by atoms with Crippen LogP contribution in [0.2, 0.25) is 5.02 Å². The van der Waals surface area contributed by atoms with Crippen molar-refractivity contribution in [3.8, 4) is 11.5 Å². The van der Waals surface area contributed by atoms with Gasteiger partial charge in [0.1, 0.15) is 0 Å². The molecule has 3 rings (SSSR count). The molecule has 1 N–H and O–H groups in total. The predicted octanol–water partition coefficient (Wildman–Crippen LogP) is 2.24. The molecule has 1 heterocycles. The number of hydrogen-bond donors (Lipinski definition) is 1. The summed E-state index contributed by atoms with van der Waals surface area (Å²) in [5.41, 5.74) is 0.356. The molecule has 2 aliphatic rings. The Morgan fingerprint density at radius 3 is 2.86 bits per heavy atom. The summed E-state index contributed by atoms with van der Waals surface area (Å²) in [5, 5.41) is 0.313. The molecule has 8 heteroatoms. The first-order chi connectivity index (χ1) is 9.98. The van der Waals surface area contributed by atoms with Crippen LogP contribution in [-0.4, -0.2) is 34.2 Å². The van der Waals surface area contributed by atoms with E-state index in [1.165, 1.54) is 13.2 Å². The van der Waals surface area contributed by atoms with Crippen LogP contribution >= 0.6 is 11.6 Å². The maximum Gasteiger partial charge on any atom is 0.235 e. The van der Waals surface area contributed by atoms with Gasteiger partial charge in [0.15, 0.2) is 11.5 Å². The van der Waals surface area contributed by atoms with E-state index in [-0.39, 0.29) is 18.6 Å². The van der Waals surface area contributed by atoms with Gasteiger partial charge in [0, 0.05) is 13.2 Å². The van der Waals surface area contributed by atoms with Gasteiger partial charge in [-0.3, -0.25) is 4.72 Å². The number of benzene rings is 1. The molecule has 1 aliphatic carbocycles. The summed E-state index contributed by atoms with van der Waals surface area (Å²) in [4.78, 5) is 0. The number of halogens is 1. The fourth-order valence-electron chi connectivity index (χ4n) is 2.33. The fourth-order valence-corrected chi connectivity index (χ4v) is 3.99. The molecule has 0 saturated heterocycles. The van der Waals surface area contributed by atoms with Crippen molar-refractivity contribution in [1.82, 2.24) is 0 Å². The van der Waals surface area contributed by atoms with Gasteiger partial charge in [-0.1, -0.05) is 11.6 Å². The highest BCUT2D eigenvalue weighted by Crippen LogP contribution is 2.41. The van der Waals surface area contributed by atoms with E-state index in [0.717, 1.165) is 12.8 Å². The summed E-state index contributed by atoms with van der Waals surface area (Å²) in [6.45, 7) is 0.0820. The number of sulfonamides is 1. The maximum atomic E-state index is 12.2. The van der Waals surface area contributed by atoms with Gasteiger partial charge in [-0.2, -0.15) is 0 Å². The molecule has 1 saturated carbocycles. The van der Waals surface area contributed by atoms with E-state index >= 15 is 0 Å². The molecule has 1 unspecified atom stereocenters. The van der Waals surface area contributed by atoms with Gasteiger partial charge in [0.2, 0.25) is 16.8 Å². The molecule has 0 aromatic heterocycles. The van der Waals surface area contributed by atoms with Crippen molar-refractivity contribution >= 4 is 27.3 Å². The van der Waals surface area contributed by atoms with Crippen LogP contribution in [0.5, 0.6) is 11.5 Å². The van der Waals surface area contributed by atoms with Crippen LogP contribution in [0.15, 0.2) is 12.1 Å². The molecule has 0 amide bonds. The van der Waals surface area contributed by atoms with Crippen molar-refractivity contribution < 1.29 is 22.6 Å². The van der Waals surface area contributed by atoms with Crippen LogP contribution in [0.3, 0.4) is 0 Å². The van der Waals surface area contributed by atoms with E-state index in [4.69, 9.17) is 25.8 Å². The minimum Gasteiger partial charge on any atom is -0.453 e. The molecule has 1 atom stereocenters. The summed E-state index contributed by atoms with van der Waals surface area (Å²) < 4.78 is 42.6. The maximum absolute atomic E-state index is 12.2. The van der Waals surface area contributed by atoms with Gasteiger partial charge >= 0.3 is 0 Å². The highest BCUT2D eigenvalue weighted by atomic mass is 35.5. The Bertz CT molecular complexity index is 644. The Hall–Kier alpha value is -1.18. The predicted molar refractivity (Wildman–Crippen MR) is 78.5 cm³/mol. The quantitative estimate of drug-likeness (QED) is 0.864. The standard InChI is InChI=1S/C13H16ClNO5S/c1-18-12(8-2-3-8)6-21(16,17)15-9-4-10(14)13-11(5-9)19-7-20-13/h4-5,8,12,15H,2-3,6-7H2,1H3. The highest BCUT2D eigenvalue weighted by molar-refractivity contribution is 7.92. The van der Waals surface area contributed by atoms with E-state index < -0.39 is 10.0 Å². The second kappa shape index (κ2) is 5.55. The minimum atomic E-state index is -3.52. The number of methoxy groups -OCH3 is 1. The zero-order valence-electron chi connectivity index (χ0n) is 11.5. The van der Waals surface area contributed by atoms with Crippen molar-refractivity contribution in [3.05, 3.63) is 17.2 Å². The smallest absolute Gasteiger partial charge is 0.235 e. The van der Waals surface area contributed by atoms with Gasteiger partial charge in [-0.25, -0.2) is 8.42 Å². The Balaban J connectivity index is 1.74. The molecule has 0 spiro atoms. The minimum absolute atomic E-state index is 0.0692. The van der Waals surface area contributed by atoms with Crippen LogP contribution < -0.4 is 14.2 Å². The molecule has 1 aliphatic heterocycles. The molecule has 6 nitrogen and oxygen atoms in total. The Morgan fingerprint density at radius 1 is 1.43 bits per heavy atom. The summed E-state index contributed by atoms with van der Waals surface area (Å²) in [7, 11) is -1.98. The van der Waals surface area contributed by atoms with Crippen molar-refractivity contribution in [2.45, 2.75) is 18.9 Å². The van der Waals surface area contributed by atoms with E-state index in [1.807, 2.05) is 0 Å². The second-order valence-electron chi connectivity index (χ2n) is 5.19. The highest BCUT2D eigenvalue weighted by Gasteiger charge is 2.34. The normalized spacial score (nSPS) is 18.6. The first kappa shape index (κ1) is 14.7. The third-order valence-electron chi connectivity index (χ3n) is 3.53. The number of hydrogen-bond acceptors (Lipinski definition) is 5. The van der Waals surface area contributed by atoms with Gasteiger partial charge < -0.3 is 14.2 Å². The SMILES string of the molecule is COC(CS(=O)(=O)Nc1cc(Cl)c2c(c1)OCO2)C1CC1. The molecule has 1 aromatic rings. The number of nitrogens with one attached hydrogen (secondary N) is 1. The van der Waals surface area contributed by atoms with E-state index in [9.17, 15) is 8.42 Å². The van der Waals surface area contributed by atoms with Crippen molar-refractivity contribution in [2.24, 2.45) is 5.92 Å². The zero-order chi connectivity index (χ0) is 15.0. The summed E-state index contributed by atoms with van der Waals surface area (Å²) >= 11 is 6.03. The van der Waals surface area contributed by atoms with Gasteiger partial charge in [0.05, 0.1) is 22.6 Å². The number of fused-ring (bicyclic) bond motifs is 1. The first-order valence-corrected chi connectivity index (χ1v) is 8.64. The summed E-state index contributed by atoms with van der Waals surface area (Å²) in [6, 6.07) is 3.07. The van der Waals surface area contributed by atoms with Crippen LogP contribution in [-0.2, 0) is 14.8 Å². The summed E-state index contributed by atoms with van der Waals surface area (Å²) in [6.07, 6.45) is 1.76. The lowest BCUT2D eigenvalue weighted by molar-refractivity contribution is 0.103. The van der Waals surface area contributed by atoms with Crippen LogP contribution in [0.1, 0.15) is 12.8 Å². The molecule has 0 radical (unpaired) electrons. The van der Waals surface area contributed by atoms with Crippen LogP contribution in [0.25, 0.3) is 0 Å². The van der Waals surface area contributed by atoms with Gasteiger partial charge in [-0.05, 0) is 24.8 Å². The lowest BCUT2D eigenvalue weighted by Crippen LogP contribution is -2.29. The zero-order valence-corrected chi connectivity index (χ0v) is 13.0. The molecule has 1 aromatic carbocycles. The third-order valence-corrected chi connectivity index (χ3v) is 5.13. The van der Waals surface area contributed by atoms with Gasteiger partial charge in [-0.15, -0.1) is 0 Å².